The highest BCUT2D eigenvalue weighted by Crippen LogP contribution is 2.41. The van der Waals surface area contributed by atoms with E-state index in [-0.39, 0.29) is 0 Å². The molecular weight excluding hydrogens is 300 g/mol. The topological polar surface area (TPSA) is 34.2 Å². The quantitative estimate of drug-likeness (QED) is 0.861. The van der Waals surface area contributed by atoms with Gasteiger partial charge in [-0.1, -0.05) is 20.8 Å². The summed E-state index contributed by atoms with van der Waals surface area (Å²) in [4.78, 5) is 4.33. The van der Waals surface area contributed by atoms with Gasteiger partial charge >= 0.3 is 0 Å². The highest BCUT2D eigenvalue weighted by atomic mass is 32.2. The molecule has 0 aliphatic carbocycles. The van der Waals surface area contributed by atoms with Crippen LogP contribution in [-0.4, -0.2) is 40.1 Å². The van der Waals surface area contributed by atoms with Gasteiger partial charge in [0.25, 0.3) is 0 Å². The predicted molar refractivity (Wildman–Crippen MR) is 94.6 cm³/mol. The lowest BCUT2D eigenvalue weighted by molar-refractivity contribution is 0.410. The van der Waals surface area contributed by atoms with E-state index in [4.69, 9.17) is 4.74 Å². The fraction of sp³-hybridized carbons (Fsp3) is 0.688. The Kier molecular flexibility index (Phi) is 6.71. The number of pyridine rings is 1. The molecule has 0 aromatic carbocycles. The maximum Gasteiger partial charge on any atom is 0.137 e. The summed E-state index contributed by atoms with van der Waals surface area (Å²) in [7, 11) is 1.70. The van der Waals surface area contributed by atoms with Crippen LogP contribution in [0.2, 0.25) is 0 Å². The molecule has 0 amide bonds. The molecular formula is C16H26N2OS2. The van der Waals surface area contributed by atoms with Crippen molar-refractivity contribution in [3.05, 3.63) is 24.0 Å². The minimum absolute atomic E-state index is 0.347. The third-order valence-electron chi connectivity index (χ3n) is 3.89. The Morgan fingerprint density at radius 3 is 2.86 bits per heavy atom. The van der Waals surface area contributed by atoms with E-state index in [9.17, 15) is 0 Å². The lowest BCUT2D eigenvalue weighted by Crippen LogP contribution is -2.37. The average molecular weight is 327 g/mol. The Balaban J connectivity index is 2.17. The van der Waals surface area contributed by atoms with E-state index < -0.39 is 0 Å². The zero-order valence-corrected chi connectivity index (χ0v) is 15.0. The number of nitrogens with one attached hydrogen (secondary N) is 1. The first-order chi connectivity index (χ1) is 10.2. The summed E-state index contributed by atoms with van der Waals surface area (Å²) < 4.78 is 5.33. The first-order valence-corrected chi connectivity index (χ1v) is 9.64. The highest BCUT2D eigenvalue weighted by molar-refractivity contribution is 8.07. The minimum atomic E-state index is 0.347. The lowest BCUT2D eigenvalue weighted by atomic mass is 10.1. The number of nitrogens with zero attached hydrogens (tertiary/aromatic N) is 1. The second kappa shape index (κ2) is 8.30. The molecule has 118 valence electrons. The molecule has 21 heavy (non-hydrogen) atoms. The van der Waals surface area contributed by atoms with Crippen LogP contribution < -0.4 is 10.1 Å². The Morgan fingerprint density at radius 1 is 1.38 bits per heavy atom. The normalized spacial score (nSPS) is 27.3. The average Bonchev–Trinajstić information content (AvgIpc) is 2.51. The van der Waals surface area contributed by atoms with Gasteiger partial charge in [0.2, 0.25) is 0 Å². The van der Waals surface area contributed by atoms with Gasteiger partial charge in [-0.25, -0.2) is 0 Å². The summed E-state index contributed by atoms with van der Waals surface area (Å²) in [6.07, 6.45) is 4.89. The molecule has 4 unspecified atom stereocenters. The Labute approximate surface area is 137 Å². The molecule has 0 spiro atoms. The molecule has 4 atom stereocenters. The zero-order chi connectivity index (χ0) is 15.2. The van der Waals surface area contributed by atoms with Crippen LogP contribution in [0.5, 0.6) is 5.75 Å². The van der Waals surface area contributed by atoms with E-state index in [1.54, 1.807) is 13.3 Å². The second-order valence-corrected chi connectivity index (χ2v) is 8.54. The molecule has 2 rings (SSSR count). The van der Waals surface area contributed by atoms with Crippen molar-refractivity contribution in [2.45, 2.75) is 49.0 Å². The van der Waals surface area contributed by atoms with Gasteiger partial charge in [0.1, 0.15) is 5.75 Å². The molecule has 1 aliphatic heterocycles. The molecule has 3 nitrogen and oxygen atoms in total. The number of hydrogen-bond acceptors (Lipinski definition) is 5. The van der Waals surface area contributed by atoms with Crippen LogP contribution in [0.1, 0.15) is 38.8 Å². The molecule has 0 saturated carbocycles. The van der Waals surface area contributed by atoms with E-state index in [1.807, 2.05) is 6.20 Å². The van der Waals surface area contributed by atoms with Gasteiger partial charge in [0.15, 0.2) is 0 Å². The van der Waals surface area contributed by atoms with Crippen LogP contribution in [0.4, 0.5) is 0 Å². The third-order valence-corrected chi connectivity index (χ3v) is 7.38. The Hall–Kier alpha value is -0.390. The zero-order valence-electron chi connectivity index (χ0n) is 13.3. The fourth-order valence-corrected chi connectivity index (χ4v) is 5.58. The summed E-state index contributed by atoms with van der Waals surface area (Å²) in [6.45, 7) is 7.92. The van der Waals surface area contributed by atoms with Crippen LogP contribution in [-0.2, 0) is 0 Å². The molecule has 1 fully saturated rings. The van der Waals surface area contributed by atoms with Gasteiger partial charge < -0.3 is 10.1 Å². The van der Waals surface area contributed by atoms with E-state index >= 15 is 0 Å². The van der Waals surface area contributed by atoms with E-state index in [1.165, 1.54) is 11.3 Å². The first-order valence-electron chi connectivity index (χ1n) is 7.65. The SMILES string of the molecule is CCCNC(c1cncc(OC)c1)C1CSC(C)C(C)S1. The molecule has 1 N–H and O–H groups in total. The van der Waals surface area contributed by atoms with Gasteiger partial charge in [-0.05, 0) is 24.6 Å². The van der Waals surface area contributed by atoms with Crippen molar-refractivity contribution in [3.63, 3.8) is 0 Å². The largest absolute Gasteiger partial charge is 0.495 e. The molecule has 5 heteroatoms. The Morgan fingerprint density at radius 2 is 2.19 bits per heavy atom. The lowest BCUT2D eigenvalue weighted by Gasteiger charge is -2.36. The van der Waals surface area contributed by atoms with Crippen LogP contribution >= 0.6 is 23.5 Å². The fourth-order valence-electron chi connectivity index (χ4n) is 2.46. The second-order valence-electron chi connectivity index (χ2n) is 5.51. The molecule has 0 radical (unpaired) electrons. The predicted octanol–water partition coefficient (Wildman–Crippen LogP) is 3.76. The van der Waals surface area contributed by atoms with Crippen molar-refractivity contribution in [1.82, 2.24) is 10.3 Å². The van der Waals surface area contributed by atoms with Gasteiger partial charge in [0, 0.05) is 33.7 Å². The molecule has 2 heterocycles. The molecule has 1 saturated heterocycles. The summed E-state index contributed by atoms with van der Waals surface area (Å²) in [5.41, 5.74) is 1.24. The number of ether oxygens (including phenoxy) is 1. The van der Waals surface area contributed by atoms with Crippen molar-refractivity contribution in [2.24, 2.45) is 0 Å². The standard InChI is InChI=1S/C16H26N2OS2/c1-5-6-18-16(13-7-14(19-4)9-17-8-13)15-10-20-11(2)12(3)21-15/h7-9,11-12,15-16,18H,5-6,10H2,1-4H3. The maximum absolute atomic E-state index is 5.33. The van der Waals surface area contributed by atoms with Gasteiger partial charge in [-0.2, -0.15) is 23.5 Å². The van der Waals surface area contributed by atoms with Gasteiger partial charge in [-0.15, -0.1) is 0 Å². The van der Waals surface area contributed by atoms with E-state index in [2.05, 4.69) is 60.7 Å². The van der Waals surface area contributed by atoms with E-state index in [0.717, 1.165) is 24.0 Å². The van der Waals surface area contributed by atoms with Crippen LogP contribution in [0, 0.1) is 0 Å². The maximum atomic E-state index is 5.33. The van der Waals surface area contributed by atoms with Gasteiger partial charge in [-0.3, -0.25) is 4.98 Å². The molecule has 1 aromatic rings. The number of methoxy groups -OCH3 is 1. The smallest absolute Gasteiger partial charge is 0.137 e. The van der Waals surface area contributed by atoms with Gasteiger partial charge in [0.05, 0.1) is 13.3 Å². The van der Waals surface area contributed by atoms with Crippen molar-refractivity contribution < 1.29 is 4.74 Å². The number of hydrogen-bond donors (Lipinski definition) is 1. The van der Waals surface area contributed by atoms with Crippen molar-refractivity contribution in [1.29, 1.82) is 0 Å². The molecule has 0 bridgehead atoms. The number of aromatic nitrogens is 1. The highest BCUT2D eigenvalue weighted by Gasteiger charge is 2.32. The van der Waals surface area contributed by atoms with Crippen molar-refractivity contribution in [2.75, 3.05) is 19.4 Å². The minimum Gasteiger partial charge on any atom is -0.495 e. The van der Waals surface area contributed by atoms with Crippen molar-refractivity contribution >= 4 is 23.5 Å². The Bertz CT molecular complexity index is 444. The van der Waals surface area contributed by atoms with Crippen molar-refractivity contribution in [3.8, 4) is 5.75 Å². The summed E-state index contributed by atoms with van der Waals surface area (Å²) in [5, 5.41) is 5.73. The summed E-state index contributed by atoms with van der Waals surface area (Å²) in [5.74, 6) is 2.03. The van der Waals surface area contributed by atoms with Crippen LogP contribution in [0.3, 0.4) is 0 Å². The van der Waals surface area contributed by atoms with Crippen LogP contribution in [0.15, 0.2) is 18.5 Å². The van der Waals surface area contributed by atoms with E-state index in [0.29, 0.717) is 16.5 Å². The molecule has 1 aliphatic rings. The third kappa shape index (κ3) is 4.54. The molecule has 1 aromatic heterocycles. The first kappa shape index (κ1) is 17.0. The van der Waals surface area contributed by atoms with Crippen LogP contribution in [0.25, 0.3) is 0 Å². The summed E-state index contributed by atoms with van der Waals surface area (Å²) >= 11 is 4.20. The number of rotatable bonds is 6. The summed E-state index contributed by atoms with van der Waals surface area (Å²) in [6, 6.07) is 2.47. The number of thioether (sulfide) groups is 2. The monoisotopic (exact) mass is 326 g/mol.